The Morgan fingerprint density at radius 2 is 2.20 bits per heavy atom. The fourth-order valence-electron chi connectivity index (χ4n) is 2.78. The molecule has 3 nitrogen and oxygen atoms in total. The van der Waals surface area contributed by atoms with Crippen LogP contribution in [-0.2, 0) is 11.2 Å². The molecule has 2 N–H and O–H groups in total. The van der Waals surface area contributed by atoms with Crippen LogP contribution in [0.25, 0.3) is 0 Å². The van der Waals surface area contributed by atoms with Gasteiger partial charge in [-0.15, -0.1) is 0 Å². The van der Waals surface area contributed by atoms with Gasteiger partial charge >= 0.3 is 0 Å². The molecule has 1 aliphatic heterocycles. The van der Waals surface area contributed by atoms with Crippen molar-refractivity contribution in [1.29, 1.82) is 0 Å². The lowest BCUT2D eigenvalue weighted by Gasteiger charge is -2.21. The van der Waals surface area contributed by atoms with E-state index in [1.165, 1.54) is 0 Å². The number of benzene rings is 1. The molecule has 2 rings (SSSR count). The average Bonchev–Trinajstić information content (AvgIpc) is 2.81. The monoisotopic (exact) mass is 282 g/mol. The number of rotatable bonds is 4. The Kier molecular flexibility index (Phi) is 4.70. The number of hydrogen-bond donors (Lipinski definition) is 1. The Morgan fingerprint density at radius 1 is 1.45 bits per heavy atom. The summed E-state index contributed by atoms with van der Waals surface area (Å²) < 4.78 is 26.5. The Hall–Kier alpha value is -1.49. The van der Waals surface area contributed by atoms with Crippen LogP contribution in [0.5, 0.6) is 0 Å². The Balaban J connectivity index is 1.94. The van der Waals surface area contributed by atoms with E-state index in [2.05, 4.69) is 0 Å². The average molecular weight is 282 g/mol. The van der Waals surface area contributed by atoms with Gasteiger partial charge in [0, 0.05) is 19.0 Å². The summed E-state index contributed by atoms with van der Waals surface area (Å²) in [7, 11) is 0. The van der Waals surface area contributed by atoms with Crippen molar-refractivity contribution in [2.24, 2.45) is 11.7 Å². The van der Waals surface area contributed by atoms with E-state index < -0.39 is 11.6 Å². The largest absolute Gasteiger partial charge is 0.340 e. The summed E-state index contributed by atoms with van der Waals surface area (Å²) >= 11 is 0. The predicted molar refractivity (Wildman–Crippen MR) is 73.0 cm³/mol. The third kappa shape index (κ3) is 3.33. The summed E-state index contributed by atoms with van der Waals surface area (Å²) in [6.07, 6.45) is 1.33. The number of amides is 1. The first-order valence-electron chi connectivity index (χ1n) is 6.94. The molecule has 1 saturated heterocycles. The molecule has 0 aromatic heterocycles. The van der Waals surface area contributed by atoms with E-state index in [-0.39, 0.29) is 30.4 Å². The van der Waals surface area contributed by atoms with Gasteiger partial charge in [-0.1, -0.05) is 0 Å². The first-order chi connectivity index (χ1) is 9.51. The highest BCUT2D eigenvalue weighted by molar-refractivity contribution is 5.77. The van der Waals surface area contributed by atoms with E-state index >= 15 is 0 Å². The molecule has 1 fully saturated rings. The molecular weight excluding hydrogens is 262 g/mol. The Labute approximate surface area is 117 Å². The second-order valence-corrected chi connectivity index (χ2v) is 5.47. The molecule has 0 aliphatic carbocycles. The SMILES string of the molecule is CC1CC(CN)CN1C(=O)CCc1cc(F)ccc1F. The topological polar surface area (TPSA) is 46.3 Å². The number of aryl methyl sites for hydroxylation is 1. The van der Waals surface area contributed by atoms with Crippen LogP contribution in [-0.4, -0.2) is 29.9 Å². The summed E-state index contributed by atoms with van der Waals surface area (Å²) in [6.45, 7) is 3.24. The lowest BCUT2D eigenvalue weighted by atomic mass is 10.1. The summed E-state index contributed by atoms with van der Waals surface area (Å²) in [5, 5.41) is 0. The van der Waals surface area contributed by atoms with Gasteiger partial charge in [-0.25, -0.2) is 8.78 Å². The minimum Gasteiger partial charge on any atom is -0.340 e. The van der Waals surface area contributed by atoms with Crippen LogP contribution in [0.4, 0.5) is 8.78 Å². The van der Waals surface area contributed by atoms with Crippen LogP contribution in [0.15, 0.2) is 18.2 Å². The summed E-state index contributed by atoms with van der Waals surface area (Å²) in [5.74, 6) is -0.614. The van der Waals surface area contributed by atoms with E-state index in [0.717, 1.165) is 24.6 Å². The van der Waals surface area contributed by atoms with Gasteiger partial charge in [0.25, 0.3) is 0 Å². The number of nitrogens with two attached hydrogens (primary N) is 1. The minimum absolute atomic E-state index is 0.0166. The van der Waals surface area contributed by atoms with Crippen molar-refractivity contribution in [3.8, 4) is 0 Å². The lowest BCUT2D eigenvalue weighted by molar-refractivity contribution is -0.131. The quantitative estimate of drug-likeness (QED) is 0.919. The molecule has 5 heteroatoms. The number of carbonyl (C=O) groups excluding carboxylic acids is 1. The van der Waals surface area contributed by atoms with Crippen LogP contribution in [0.1, 0.15) is 25.3 Å². The zero-order valence-electron chi connectivity index (χ0n) is 11.6. The summed E-state index contributed by atoms with van der Waals surface area (Å²) in [6, 6.07) is 3.50. The van der Waals surface area contributed by atoms with Gasteiger partial charge < -0.3 is 10.6 Å². The molecule has 1 aliphatic rings. The number of carbonyl (C=O) groups is 1. The molecule has 110 valence electrons. The van der Waals surface area contributed by atoms with Crippen LogP contribution in [0.2, 0.25) is 0 Å². The van der Waals surface area contributed by atoms with E-state index in [0.29, 0.717) is 19.0 Å². The van der Waals surface area contributed by atoms with E-state index in [1.54, 1.807) is 4.90 Å². The van der Waals surface area contributed by atoms with E-state index in [4.69, 9.17) is 5.73 Å². The molecule has 2 unspecified atom stereocenters. The summed E-state index contributed by atoms with van der Waals surface area (Å²) in [4.78, 5) is 14.0. The van der Waals surface area contributed by atoms with Crippen molar-refractivity contribution >= 4 is 5.91 Å². The molecule has 0 bridgehead atoms. The lowest BCUT2D eigenvalue weighted by Crippen LogP contribution is -2.34. The van der Waals surface area contributed by atoms with Crippen molar-refractivity contribution in [3.63, 3.8) is 0 Å². The molecular formula is C15H20F2N2O. The number of halogens is 2. The van der Waals surface area contributed by atoms with Gasteiger partial charge in [0.1, 0.15) is 11.6 Å². The Morgan fingerprint density at radius 3 is 2.85 bits per heavy atom. The first-order valence-corrected chi connectivity index (χ1v) is 6.94. The van der Waals surface area contributed by atoms with Gasteiger partial charge in [-0.2, -0.15) is 0 Å². The highest BCUT2D eigenvalue weighted by Crippen LogP contribution is 2.23. The number of nitrogens with zero attached hydrogens (tertiary/aromatic N) is 1. The van der Waals surface area contributed by atoms with Gasteiger partial charge in [-0.05, 0) is 56.0 Å². The minimum atomic E-state index is -0.480. The molecule has 2 atom stereocenters. The fourth-order valence-corrected chi connectivity index (χ4v) is 2.78. The normalized spacial score (nSPS) is 22.3. The van der Waals surface area contributed by atoms with Gasteiger partial charge in [-0.3, -0.25) is 4.79 Å². The second kappa shape index (κ2) is 6.31. The molecule has 1 aromatic carbocycles. The first kappa shape index (κ1) is 14.9. The number of likely N-dealkylation sites (tertiary alicyclic amines) is 1. The molecule has 20 heavy (non-hydrogen) atoms. The third-order valence-corrected chi connectivity index (χ3v) is 3.93. The molecule has 0 radical (unpaired) electrons. The molecule has 1 aromatic rings. The maximum atomic E-state index is 13.5. The van der Waals surface area contributed by atoms with Crippen molar-refractivity contribution in [2.45, 2.75) is 32.2 Å². The molecule has 1 amide bonds. The number of hydrogen-bond acceptors (Lipinski definition) is 2. The van der Waals surface area contributed by atoms with Crippen molar-refractivity contribution < 1.29 is 13.6 Å². The summed E-state index contributed by atoms with van der Waals surface area (Å²) in [5.41, 5.74) is 5.88. The van der Waals surface area contributed by atoms with Crippen LogP contribution < -0.4 is 5.73 Å². The van der Waals surface area contributed by atoms with Crippen LogP contribution >= 0.6 is 0 Å². The van der Waals surface area contributed by atoms with Crippen molar-refractivity contribution in [1.82, 2.24) is 4.90 Å². The van der Waals surface area contributed by atoms with Crippen molar-refractivity contribution in [2.75, 3.05) is 13.1 Å². The van der Waals surface area contributed by atoms with Crippen LogP contribution in [0, 0.1) is 17.6 Å². The van der Waals surface area contributed by atoms with Gasteiger partial charge in [0.05, 0.1) is 0 Å². The third-order valence-electron chi connectivity index (χ3n) is 3.93. The van der Waals surface area contributed by atoms with Crippen molar-refractivity contribution in [3.05, 3.63) is 35.4 Å². The van der Waals surface area contributed by atoms with Gasteiger partial charge in [0.15, 0.2) is 0 Å². The highest BCUT2D eigenvalue weighted by Gasteiger charge is 2.31. The maximum absolute atomic E-state index is 13.5. The predicted octanol–water partition coefficient (Wildman–Crippen LogP) is 2.09. The highest BCUT2D eigenvalue weighted by atomic mass is 19.1. The maximum Gasteiger partial charge on any atom is 0.223 e. The zero-order valence-corrected chi connectivity index (χ0v) is 11.6. The standard InChI is InChI=1S/C15H20F2N2O/c1-10-6-11(8-18)9-19(10)15(20)5-2-12-7-13(16)3-4-14(12)17/h3-4,7,10-11H,2,5-6,8-9,18H2,1H3. The second-order valence-electron chi connectivity index (χ2n) is 5.47. The van der Waals surface area contributed by atoms with Gasteiger partial charge in [0.2, 0.25) is 5.91 Å². The van der Waals surface area contributed by atoms with E-state index in [9.17, 15) is 13.6 Å². The van der Waals surface area contributed by atoms with Crippen LogP contribution in [0.3, 0.4) is 0 Å². The Bertz CT molecular complexity index is 493. The molecule has 1 heterocycles. The van der Waals surface area contributed by atoms with E-state index in [1.807, 2.05) is 6.92 Å². The fraction of sp³-hybridized carbons (Fsp3) is 0.533. The molecule has 0 spiro atoms. The molecule has 0 saturated carbocycles. The smallest absolute Gasteiger partial charge is 0.223 e. The zero-order chi connectivity index (χ0) is 14.7.